The Morgan fingerprint density at radius 3 is 2.16 bits per heavy atom. The Balaban J connectivity index is 2.63. The molecule has 25 heavy (non-hydrogen) atoms. The van der Waals surface area contributed by atoms with Crippen molar-refractivity contribution in [2.24, 2.45) is 16.6 Å². The van der Waals surface area contributed by atoms with Crippen molar-refractivity contribution in [3.05, 3.63) is 42.0 Å². The average Bonchev–Trinajstić information content (AvgIpc) is 2.52. The van der Waals surface area contributed by atoms with Crippen molar-refractivity contribution in [3.8, 4) is 0 Å². The molecule has 1 aromatic carbocycles. The van der Waals surface area contributed by atoms with Gasteiger partial charge in [-0.15, -0.1) is 0 Å². The van der Waals surface area contributed by atoms with Gasteiger partial charge in [-0.2, -0.15) is 0 Å². The zero-order valence-electron chi connectivity index (χ0n) is 16.9. The molecule has 2 atom stereocenters. The molecule has 0 heterocycles. The Hall–Kier alpha value is -1.16. The lowest BCUT2D eigenvalue weighted by Crippen LogP contribution is -2.43. The van der Waals surface area contributed by atoms with E-state index in [-0.39, 0.29) is 17.4 Å². The van der Waals surface area contributed by atoms with E-state index in [9.17, 15) is 5.11 Å². The average molecular weight is 348 g/mol. The highest BCUT2D eigenvalue weighted by Crippen LogP contribution is 2.35. The fraction of sp³-hybridized carbons (Fsp3) is 0.636. The summed E-state index contributed by atoms with van der Waals surface area (Å²) >= 11 is 0. The van der Waals surface area contributed by atoms with E-state index in [0.717, 1.165) is 18.4 Å². The molecule has 3 N–H and O–H groups in total. The van der Waals surface area contributed by atoms with Gasteiger partial charge in [-0.25, -0.2) is 0 Å². The van der Waals surface area contributed by atoms with Crippen LogP contribution in [0.5, 0.6) is 0 Å². The Morgan fingerprint density at radius 2 is 1.68 bits per heavy atom. The summed E-state index contributed by atoms with van der Waals surface area (Å²) in [7, 11) is 0. The van der Waals surface area contributed by atoms with Crippen LogP contribution in [0.1, 0.15) is 71.4 Å². The second-order valence-electron chi connectivity index (χ2n) is 9.24. The van der Waals surface area contributed by atoms with Crippen LogP contribution in [-0.4, -0.2) is 24.0 Å². The van der Waals surface area contributed by atoms with Gasteiger partial charge in [0.1, 0.15) is 5.72 Å². The highest BCUT2D eigenvalue weighted by Gasteiger charge is 2.32. The molecule has 0 radical (unpaired) electrons. The molecule has 0 aromatic heterocycles. The molecule has 142 valence electrons. The summed E-state index contributed by atoms with van der Waals surface area (Å²) in [6.07, 6.45) is 3.48. The van der Waals surface area contributed by atoms with Crippen LogP contribution in [0.25, 0.3) is 6.08 Å². The summed E-state index contributed by atoms with van der Waals surface area (Å²) in [6.45, 7) is 17.1. The van der Waals surface area contributed by atoms with Gasteiger partial charge in [-0.3, -0.25) is 0 Å². The van der Waals surface area contributed by atoms with Crippen LogP contribution in [0.15, 0.2) is 30.8 Å². The van der Waals surface area contributed by atoms with E-state index in [2.05, 4.69) is 65.5 Å². The number of aliphatic hydroxyl groups is 1. The van der Waals surface area contributed by atoms with E-state index in [1.54, 1.807) is 0 Å². The van der Waals surface area contributed by atoms with E-state index >= 15 is 0 Å². The largest absolute Gasteiger partial charge is 0.396 e. The molecule has 0 bridgehead atoms. The number of rotatable bonds is 10. The third kappa shape index (κ3) is 7.72. The predicted molar refractivity (Wildman–Crippen MR) is 107 cm³/mol. The summed E-state index contributed by atoms with van der Waals surface area (Å²) < 4.78 is 6.10. The molecule has 0 saturated carbocycles. The van der Waals surface area contributed by atoms with Gasteiger partial charge < -0.3 is 15.6 Å². The Labute approximate surface area is 154 Å². The number of benzene rings is 1. The molecule has 0 amide bonds. The van der Waals surface area contributed by atoms with Crippen LogP contribution in [-0.2, 0) is 4.74 Å². The molecule has 1 rings (SSSR count). The number of hydrogen-bond donors (Lipinski definition) is 2. The van der Waals surface area contributed by atoms with E-state index < -0.39 is 5.72 Å². The number of nitrogens with two attached hydrogens (primary N) is 1. The fourth-order valence-electron chi connectivity index (χ4n) is 3.51. The van der Waals surface area contributed by atoms with Gasteiger partial charge in [-0.05, 0) is 47.6 Å². The van der Waals surface area contributed by atoms with Crippen LogP contribution in [0.3, 0.4) is 0 Å². The number of hydrogen-bond acceptors (Lipinski definition) is 3. The first-order chi connectivity index (χ1) is 11.4. The zero-order chi connectivity index (χ0) is 19.3. The third-order valence-corrected chi connectivity index (χ3v) is 4.63. The first kappa shape index (κ1) is 21.9. The highest BCUT2D eigenvalue weighted by molar-refractivity contribution is 5.47. The van der Waals surface area contributed by atoms with Crippen molar-refractivity contribution >= 4 is 6.08 Å². The van der Waals surface area contributed by atoms with Crippen LogP contribution in [0.4, 0.5) is 0 Å². The van der Waals surface area contributed by atoms with Crippen molar-refractivity contribution in [1.29, 1.82) is 0 Å². The minimum Gasteiger partial charge on any atom is -0.396 e. The normalized spacial score (nSPS) is 16.3. The number of aliphatic hydroxyl groups excluding tert-OH is 1. The molecular formula is C22H37NO2. The van der Waals surface area contributed by atoms with Crippen LogP contribution >= 0.6 is 0 Å². The molecule has 0 saturated heterocycles. The molecule has 0 spiro atoms. The molecule has 2 unspecified atom stereocenters. The maximum absolute atomic E-state index is 9.50. The van der Waals surface area contributed by atoms with Crippen LogP contribution < -0.4 is 5.73 Å². The van der Waals surface area contributed by atoms with Gasteiger partial charge in [0.2, 0.25) is 0 Å². The van der Waals surface area contributed by atoms with Crippen molar-refractivity contribution < 1.29 is 9.84 Å². The van der Waals surface area contributed by atoms with Crippen molar-refractivity contribution in [2.75, 3.05) is 13.2 Å². The molecule has 0 aliphatic carbocycles. The summed E-state index contributed by atoms with van der Waals surface area (Å²) in [6, 6.07) is 8.41. The summed E-state index contributed by atoms with van der Waals surface area (Å²) in [5.41, 5.74) is 7.97. The SMILES string of the molecule is C=Cc1ccc(C(C)CC(C)(N)OCC(C)(C)CC(C)(C)CO)cc1. The van der Waals surface area contributed by atoms with Gasteiger partial charge >= 0.3 is 0 Å². The number of ether oxygens (including phenoxy) is 1. The zero-order valence-corrected chi connectivity index (χ0v) is 16.9. The summed E-state index contributed by atoms with van der Waals surface area (Å²) in [4.78, 5) is 0. The summed E-state index contributed by atoms with van der Waals surface area (Å²) in [5.74, 6) is 0.311. The molecular weight excluding hydrogens is 310 g/mol. The Morgan fingerprint density at radius 1 is 1.12 bits per heavy atom. The Kier molecular flexibility index (Phi) is 7.42. The molecule has 0 aliphatic rings. The summed E-state index contributed by atoms with van der Waals surface area (Å²) in [5, 5.41) is 9.50. The minimum atomic E-state index is -0.683. The molecule has 0 fully saturated rings. The van der Waals surface area contributed by atoms with Gasteiger partial charge in [-0.1, -0.05) is 71.5 Å². The van der Waals surface area contributed by atoms with E-state index in [1.165, 1.54) is 5.56 Å². The minimum absolute atomic E-state index is 0.0400. The lowest BCUT2D eigenvalue weighted by molar-refractivity contribution is -0.0802. The highest BCUT2D eigenvalue weighted by atomic mass is 16.5. The van der Waals surface area contributed by atoms with Crippen molar-refractivity contribution in [2.45, 2.75) is 66.0 Å². The monoisotopic (exact) mass is 347 g/mol. The van der Waals surface area contributed by atoms with Gasteiger partial charge in [0, 0.05) is 6.61 Å². The predicted octanol–water partition coefficient (Wildman–Crippen LogP) is 4.95. The molecule has 3 heteroatoms. The first-order valence-corrected chi connectivity index (χ1v) is 9.16. The second-order valence-corrected chi connectivity index (χ2v) is 9.24. The van der Waals surface area contributed by atoms with Gasteiger partial charge in [0.25, 0.3) is 0 Å². The van der Waals surface area contributed by atoms with Crippen molar-refractivity contribution in [1.82, 2.24) is 0 Å². The standard InChI is InChI=1S/C22H37NO2/c1-8-18-9-11-19(12-10-18)17(2)13-22(7,23)25-16-21(5,6)14-20(3,4)15-24/h8-12,17,24H,1,13-16,23H2,2-7H3. The maximum atomic E-state index is 9.50. The molecule has 0 aliphatic heterocycles. The quantitative estimate of drug-likeness (QED) is 0.589. The van der Waals surface area contributed by atoms with Gasteiger partial charge in [0.15, 0.2) is 0 Å². The Bertz CT molecular complexity index is 544. The lowest BCUT2D eigenvalue weighted by atomic mass is 9.76. The second kappa shape index (κ2) is 8.48. The van der Waals surface area contributed by atoms with Crippen LogP contribution in [0, 0.1) is 10.8 Å². The van der Waals surface area contributed by atoms with Crippen molar-refractivity contribution in [3.63, 3.8) is 0 Å². The van der Waals surface area contributed by atoms with Crippen LogP contribution in [0.2, 0.25) is 0 Å². The fourth-order valence-corrected chi connectivity index (χ4v) is 3.51. The lowest BCUT2D eigenvalue weighted by Gasteiger charge is -2.37. The topological polar surface area (TPSA) is 55.5 Å². The first-order valence-electron chi connectivity index (χ1n) is 9.16. The van der Waals surface area contributed by atoms with E-state index in [0.29, 0.717) is 12.5 Å². The third-order valence-electron chi connectivity index (χ3n) is 4.63. The maximum Gasteiger partial charge on any atom is 0.114 e. The van der Waals surface area contributed by atoms with Gasteiger partial charge in [0.05, 0.1) is 6.61 Å². The van der Waals surface area contributed by atoms with E-state index in [4.69, 9.17) is 10.5 Å². The van der Waals surface area contributed by atoms with E-state index in [1.807, 2.05) is 13.0 Å². The smallest absolute Gasteiger partial charge is 0.114 e. The molecule has 3 nitrogen and oxygen atoms in total. The molecule has 1 aromatic rings.